The van der Waals surface area contributed by atoms with Gasteiger partial charge in [0, 0.05) is 11.8 Å². The molecule has 0 bridgehead atoms. The van der Waals surface area contributed by atoms with Gasteiger partial charge in [-0.15, -0.1) is 0 Å². The van der Waals surface area contributed by atoms with Gasteiger partial charge in [0.2, 0.25) is 0 Å². The Morgan fingerprint density at radius 2 is 1.08 bits per heavy atom. The van der Waals surface area contributed by atoms with E-state index in [0.29, 0.717) is 0 Å². The van der Waals surface area contributed by atoms with Gasteiger partial charge in [0.05, 0.1) is 0 Å². The van der Waals surface area contributed by atoms with Gasteiger partial charge in [0.15, 0.2) is 11.4 Å². The van der Waals surface area contributed by atoms with Gasteiger partial charge in [-0.05, 0) is 23.2 Å². The van der Waals surface area contributed by atoms with Crippen LogP contribution >= 0.6 is 23.2 Å². The number of carbonyl (C=O) groups is 2. The molecule has 8 nitrogen and oxygen atoms in total. The largest absolute Gasteiger partial charge is 0.283 e. The number of rotatable bonds is 4. The average Bonchev–Trinajstić information content (AvgIpc) is 3.12. The van der Waals surface area contributed by atoms with E-state index in [1.807, 2.05) is 0 Å². The van der Waals surface area contributed by atoms with E-state index in [4.69, 9.17) is 23.2 Å². The minimum absolute atomic E-state index is 0.189. The van der Waals surface area contributed by atoms with Crippen LogP contribution < -0.4 is 11.1 Å². The lowest BCUT2D eigenvalue weighted by atomic mass is 10.2. The summed E-state index contributed by atoms with van der Waals surface area (Å²) in [6.45, 7) is 6.98. The molecule has 3 heterocycles. The molecule has 0 aromatic carbocycles. The lowest BCUT2D eigenvalue weighted by Gasteiger charge is -2.06. The molecule has 0 aliphatic carbocycles. The summed E-state index contributed by atoms with van der Waals surface area (Å²) in [5.41, 5.74) is -2.49. The van der Waals surface area contributed by atoms with Crippen LogP contribution in [0.2, 0.25) is 0 Å². The molecule has 26 heavy (non-hydrogen) atoms. The molecule has 0 unspecified atom stereocenters. The van der Waals surface area contributed by atoms with Crippen molar-refractivity contribution in [3.8, 4) is 0 Å². The van der Waals surface area contributed by atoms with Crippen LogP contribution in [0.5, 0.6) is 0 Å². The maximum Gasteiger partial charge on any atom is 0.283 e. The Morgan fingerprint density at radius 1 is 0.769 bits per heavy atom. The first-order valence-corrected chi connectivity index (χ1v) is 8.57. The monoisotopic (exact) mass is 396 g/mol. The Balaban J connectivity index is 2.73. The van der Waals surface area contributed by atoms with Gasteiger partial charge >= 0.3 is 0 Å². The minimum atomic E-state index is -0.954. The maximum absolute atomic E-state index is 13.1. The number of hydrogen-bond donors (Lipinski definition) is 0. The van der Waals surface area contributed by atoms with Crippen LogP contribution in [0.15, 0.2) is 9.59 Å². The molecule has 3 aromatic heterocycles. The molecular weight excluding hydrogens is 383 g/mol. The third-order valence-electron chi connectivity index (χ3n) is 4.02. The first-order chi connectivity index (χ1) is 12.1. The summed E-state index contributed by atoms with van der Waals surface area (Å²) in [4.78, 5) is 58.0. The molecule has 0 atom stereocenters. The first-order valence-electron chi connectivity index (χ1n) is 7.82. The Bertz CT molecular complexity index is 1100. The molecular formula is C16H14Cl2N4O4. The molecule has 0 fully saturated rings. The normalized spacial score (nSPS) is 12.0. The summed E-state index contributed by atoms with van der Waals surface area (Å²) in [6, 6.07) is 0. The van der Waals surface area contributed by atoms with Gasteiger partial charge in [-0.1, -0.05) is 27.7 Å². The van der Waals surface area contributed by atoms with Gasteiger partial charge < -0.3 is 0 Å². The molecule has 0 N–H and O–H groups in total. The predicted molar refractivity (Wildman–Crippen MR) is 96.2 cm³/mol. The van der Waals surface area contributed by atoms with Crippen molar-refractivity contribution in [2.24, 2.45) is 0 Å². The zero-order valence-electron chi connectivity index (χ0n) is 14.3. The predicted octanol–water partition coefficient (Wildman–Crippen LogP) is 2.15. The highest BCUT2D eigenvalue weighted by molar-refractivity contribution is 6.68. The van der Waals surface area contributed by atoms with Crippen LogP contribution in [-0.2, 0) is 0 Å². The van der Waals surface area contributed by atoms with E-state index in [9.17, 15) is 19.2 Å². The molecule has 3 rings (SSSR count). The zero-order valence-corrected chi connectivity index (χ0v) is 15.8. The molecule has 0 saturated heterocycles. The molecule has 0 radical (unpaired) electrons. The summed E-state index contributed by atoms with van der Waals surface area (Å²) >= 11 is 11.2. The fourth-order valence-electron chi connectivity index (χ4n) is 2.94. The van der Waals surface area contributed by atoms with E-state index in [1.165, 1.54) is 0 Å². The molecule has 0 spiro atoms. The molecule has 10 heteroatoms. The third kappa shape index (κ3) is 2.44. The zero-order chi connectivity index (χ0) is 19.5. The van der Waals surface area contributed by atoms with E-state index in [0.717, 1.165) is 8.80 Å². The summed E-state index contributed by atoms with van der Waals surface area (Å²) in [5, 5.41) is -1.91. The highest BCUT2D eigenvalue weighted by atomic mass is 35.5. The van der Waals surface area contributed by atoms with Gasteiger partial charge in [-0.2, -0.15) is 0 Å². The highest BCUT2D eigenvalue weighted by Gasteiger charge is 2.29. The topological polar surface area (TPSA) is 103 Å². The quantitative estimate of drug-likeness (QED) is 0.625. The summed E-state index contributed by atoms with van der Waals surface area (Å²) in [7, 11) is 0. The number of carbonyl (C=O) groups excluding carboxylic acids is 2. The van der Waals surface area contributed by atoms with E-state index >= 15 is 0 Å². The average molecular weight is 397 g/mol. The van der Waals surface area contributed by atoms with Gasteiger partial charge in [-0.3, -0.25) is 28.0 Å². The van der Waals surface area contributed by atoms with E-state index in [2.05, 4.69) is 9.97 Å². The number of hydrogen-bond acceptors (Lipinski definition) is 6. The second-order valence-electron chi connectivity index (χ2n) is 6.47. The number of halogens is 2. The second-order valence-corrected chi connectivity index (χ2v) is 7.16. The number of nitrogens with zero attached hydrogens (tertiary/aromatic N) is 4. The lowest BCUT2D eigenvalue weighted by Crippen LogP contribution is -2.29. The Kier molecular flexibility index (Phi) is 4.36. The fraction of sp³-hybridized carbons (Fsp3) is 0.375. The van der Waals surface area contributed by atoms with Crippen LogP contribution in [-0.4, -0.2) is 29.3 Å². The maximum atomic E-state index is 13.1. The molecule has 3 aromatic rings. The van der Waals surface area contributed by atoms with Crippen LogP contribution in [0.4, 0.5) is 0 Å². The molecule has 0 saturated carbocycles. The van der Waals surface area contributed by atoms with Crippen molar-refractivity contribution >= 4 is 44.7 Å². The lowest BCUT2D eigenvalue weighted by molar-refractivity contribution is 0.107. The Morgan fingerprint density at radius 3 is 1.31 bits per heavy atom. The van der Waals surface area contributed by atoms with E-state index in [-0.39, 0.29) is 45.9 Å². The molecule has 136 valence electrons. The summed E-state index contributed by atoms with van der Waals surface area (Å²) in [6.07, 6.45) is 0. The summed E-state index contributed by atoms with van der Waals surface area (Å²) < 4.78 is 2.04. The van der Waals surface area contributed by atoms with Crippen LogP contribution in [0.25, 0.3) is 11.0 Å². The highest BCUT2D eigenvalue weighted by Crippen LogP contribution is 2.21. The van der Waals surface area contributed by atoms with Gasteiger partial charge in [0.1, 0.15) is 22.7 Å². The standard InChI is InChI=1S/C16H14Cl2N4O4/c1-5(2)13-19-7(11(17)23)9-16(26)22-10(15(25)21(9)13)8(12(18)24)20-14(22)6(3)4/h5-6H,1-4H3. The number of aromatic nitrogens is 4. The molecule has 0 aliphatic heterocycles. The summed E-state index contributed by atoms with van der Waals surface area (Å²) in [5.74, 6) is -0.198. The van der Waals surface area contributed by atoms with Crippen LogP contribution in [0, 0.1) is 0 Å². The van der Waals surface area contributed by atoms with Crippen molar-refractivity contribution in [2.75, 3.05) is 0 Å². The van der Waals surface area contributed by atoms with Crippen molar-refractivity contribution in [3.63, 3.8) is 0 Å². The van der Waals surface area contributed by atoms with Crippen molar-refractivity contribution < 1.29 is 9.59 Å². The minimum Gasteiger partial charge on any atom is -0.274 e. The van der Waals surface area contributed by atoms with Crippen LogP contribution in [0.1, 0.15) is 72.2 Å². The number of fused-ring (bicyclic) bond motifs is 2. The van der Waals surface area contributed by atoms with E-state index in [1.54, 1.807) is 27.7 Å². The van der Waals surface area contributed by atoms with Crippen molar-refractivity contribution in [2.45, 2.75) is 39.5 Å². The van der Waals surface area contributed by atoms with Gasteiger partial charge in [0.25, 0.3) is 21.6 Å². The first kappa shape index (κ1) is 18.5. The SMILES string of the molecule is CC(C)c1nc(C(=O)Cl)c2c(=O)n3c(C(C)C)nc(C(=O)Cl)c3c(=O)n12. The van der Waals surface area contributed by atoms with Crippen molar-refractivity contribution in [1.82, 2.24) is 18.8 Å². The fourth-order valence-corrected chi connectivity index (χ4v) is 3.20. The van der Waals surface area contributed by atoms with E-state index < -0.39 is 21.6 Å². The Hall–Kier alpha value is -2.32. The van der Waals surface area contributed by atoms with Gasteiger partial charge in [-0.25, -0.2) is 9.97 Å². The third-order valence-corrected chi connectivity index (χ3v) is 4.38. The second kappa shape index (κ2) is 6.14. The smallest absolute Gasteiger partial charge is 0.274 e. The van der Waals surface area contributed by atoms with Crippen LogP contribution in [0.3, 0.4) is 0 Å². The van der Waals surface area contributed by atoms with Crippen molar-refractivity contribution in [1.29, 1.82) is 0 Å². The van der Waals surface area contributed by atoms with Crippen molar-refractivity contribution in [3.05, 3.63) is 43.7 Å². The molecule has 0 amide bonds. The molecule has 0 aliphatic rings. The number of imidazole rings is 2. The Labute approximate surface area is 156 Å².